The van der Waals surface area contributed by atoms with Crippen molar-refractivity contribution in [2.24, 2.45) is 0 Å². The number of fused-ring (bicyclic) bond motifs is 1. The van der Waals surface area contributed by atoms with Gasteiger partial charge in [-0.2, -0.15) is 0 Å². The van der Waals surface area contributed by atoms with E-state index in [2.05, 4.69) is 10.3 Å². The van der Waals surface area contributed by atoms with Crippen molar-refractivity contribution in [2.75, 3.05) is 12.4 Å². The molecule has 0 unspecified atom stereocenters. The van der Waals surface area contributed by atoms with Crippen LogP contribution in [-0.2, 0) is 14.3 Å². The van der Waals surface area contributed by atoms with Gasteiger partial charge in [-0.25, -0.2) is 9.78 Å². The highest BCUT2D eigenvalue weighted by atomic mass is 35.5. The molecule has 0 spiro atoms. The first-order valence-electron chi connectivity index (χ1n) is 7.97. The summed E-state index contributed by atoms with van der Waals surface area (Å²) in [5, 5.41) is 3.64. The molecule has 0 radical (unpaired) electrons. The lowest BCUT2D eigenvalue weighted by Gasteiger charge is -2.23. The molecule has 0 aliphatic carbocycles. The van der Waals surface area contributed by atoms with Gasteiger partial charge in [0.1, 0.15) is 0 Å². The van der Waals surface area contributed by atoms with Gasteiger partial charge >= 0.3 is 5.97 Å². The molecule has 0 saturated heterocycles. The van der Waals surface area contributed by atoms with Crippen LogP contribution in [0.25, 0.3) is 11.6 Å². The summed E-state index contributed by atoms with van der Waals surface area (Å²) in [5.41, 5.74) is 0.902. The van der Waals surface area contributed by atoms with Gasteiger partial charge in [0.2, 0.25) is 11.5 Å². The molecule has 27 heavy (non-hydrogen) atoms. The van der Waals surface area contributed by atoms with E-state index in [0.717, 1.165) is 0 Å². The first-order valence-corrected chi connectivity index (χ1v) is 8.73. The highest BCUT2D eigenvalue weighted by Crippen LogP contribution is 2.36. The zero-order valence-electron chi connectivity index (χ0n) is 14.8. The Morgan fingerprint density at radius 2 is 1.96 bits per heavy atom. The van der Waals surface area contributed by atoms with E-state index in [9.17, 15) is 9.59 Å². The smallest absolute Gasteiger partial charge is 0.349 e. The number of rotatable bonds is 4. The van der Waals surface area contributed by atoms with Crippen molar-refractivity contribution in [2.45, 2.75) is 19.4 Å². The number of halogens is 2. The number of methoxy groups -OCH3 is 1. The third-order valence-electron chi connectivity index (χ3n) is 3.94. The van der Waals surface area contributed by atoms with Crippen molar-refractivity contribution in [1.82, 2.24) is 4.98 Å². The van der Waals surface area contributed by atoms with Crippen LogP contribution in [0.15, 0.2) is 30.5 Å². The van der Waals surface area contributed by atoms with Crippen LogP contribution < -0.4 is 10.1 Å². The molecule has 1 aromatic carbocycles. The molecular weight excluding hydrogens is 391 g/mol. The van der Waals surface area contributed by atoms with Crippen LogP contribution in [0.3, 0.4) is 0 Å². The number of nitrogens with zero attached hydrogens (tertiary/aromatic N) is 1. The molecule has 6 nitrogen and oxygen atoms in total. The van der Waals surface area contributed by atoms with Crippen molar-refractivity contribution in [3.63, 3.8) is 0 Å². The topological polar surface area (TPSA) is 77.5 Å². The maximum Gasteiger partial charge on any atom is 0.349 e. The molecule has 1 amide bonds. The molecule has 2 heterocycles. The van der Waals surface area contributed by atoms with Crippen LogP contribution in [-0.4, -0.2) is 29.6 Å². The fourth-order valence-electron chi connectivity index (χ4n) is 2.63. The largest absolute Gasteiger partial charge is 0.466 e. The number of carbonyl (C=O) groups excluding carboxylic acids is 2. The van der Waals surface area contributed by atoms with E-state index in [1.54, 1.807) is 44.2 Å². The minimum absolute atomic E-state index is 0.150. The molecular formula is C19H16Cl2N2O4. The highest BCUT2D eigenvalue weighted by Gasteiger charge is 2.33. The average Bonchev–Trinajstić information content (AvgIpc) is 2.91. The number of esters is 1. The van der Waals surface area contributed by atoms with E-state index in [0.29, 0.717) is 32.4 Å². The Kier molecular flexibility index (Phi) is 5.13. The Labute approximate surface area is 166 Å². The zero-order chi connectivity index (χ0) is 19.8. The van der Waals surface area contributed by atoms with Gasteiger partial charge in [0.25, 0.3) is 5.91 Å². The van der Waals surface area contributed by atoms with E-state index in [4.69, 9.17) is 32.7 Å². The molecule has 0 atom stereocenters. The van der Waals surface area contributed by atoms with Gasteiger partial charge in [-0.15, -0.1) is 0 Å². The number of benzene rings is 1. The SMILES string of the molecule is COC(=O)C(C)(C)Oc1ncc(Cl)cc1/C=C1/C(=O)Nc2cc(Cl)ccc21. The number of ether oxygens (including phenoxy) is 2. The summed E-state index contributed by atoms with van der Waals surface area (Å²) < 4.78 is 10.5. The molecule has 2 aromatic rings. The first kappa shape index (κ1) is 19.2. The van der Waals surface area contributed by atoms with Crippen molar-refractivity contribution >= 4 is 52.4 Å². The van der Waals surface area contributed by atoms with E-state index < -0.39 is 11.6 Å². The zero-order valence-corrected chi connectivity index (χ0v) is 16.3. The number of hydrogen-bond donors (Lipinski definition) is 1. The highest BCUT2D eigenvalue weighted by molar-refractivity contribution is 6.37. The summed E-state index contributed by atoms with van der Waals surface area (Å²) in [4.78, 5) is 28.5. The molecule has 0 fully saturated rings. The lowest BCUT2D eigenvalue weighted by atomic mass is 10.0. The minimum atomic E-state index is -1.27. The van der Waals surface area contributed by atoms with Crippen molar-refractivity contribution < 1.29 is 19.1 Å². The van der Waals surface area contributed by atoms with Crippen LogP contribution >= 0.6 is 23.2 Å². The summed E-state index contributed by atoms with van der Waals surface area (Å²) >= 11 is 12.0. The lowest BCUT2D eigenvalue weighted by Crippen LogP contribution is -2.39. The number of anilines is 1. The Balaban J connectivity index is 2.06. The quantitative estimate of drug-likeness (QED) is 0.607. The minimum Gasteiger partial charge on any atom is -0.466 e. The van der Waals surface area contributed by atoms with E-state index in [1.807, 2.05) is 0 Å². The van der Waals surface area contributed by atoms with E-state index in [1.165, 1.54) is 13.3 Å². The summed E-state index contributed by atoms with van der Waals surface area (Å²) in [6.07, 6.45) is 3.01. The van der Waals surface area contributed by atoms with Crippen LogP contribution in [0.1, 0.15) is 25.0 Å². The second kappa shape index (κ2) is 7.21. The van der Waals surface area contributed by atoms with Crippen LogP contribution in [0.2, 0.25) is 10.0 Å². The number of amides is 1. The van der Waals surface area contributed by atoms with Gasteiger partial charge < -0.3 is 14.8 Å². The summed E-state index contributed by atoms with van der Waals surface area (Å²) in [6, 6.07) is 6.72. The van der Waals surface area contributed by atoms with Gasteiger partial charge in [-0.1, -0.05) is 29.3 Å². The van der Waals surface area contributed by atoms with Crippen molar-refractivity contribution in [1.29, 1.82) is 0 Å². The molecule has 1 aliphatic heterocycles. The standard InChI is InChI=1S/C19H16Cl2N2O4/c1-19(2,18(25)26-3)27-17-10(6-12(21)9-22-17)7-14-13-5-4-11(20)8-15(13)23-16(14)24/h4-9H,1-3H3,(H,23,24)/b14-7+. The fraction of sp³-hybridized carbons (Fsp3) is 0.211. The van der Waals surface area contributed by atoms with Gasteiger partial charge in [-0.3, -0.25) is 4.79 Å². The summed E-state index contributed by atoms with van der Waals surface area (Å²) in [7, 11) is 1.27. The lowest BCUT2D eigenvalue weighted by molar-refractivity contribution is -0.156. The molecule has 8 heteroatoms. The van der Waals surface area contributed by atoms with E-state index in [-0.39, 0.29) is 11.8 Å². The van der Waals surface area contributed by atoms with E-state index >= 15 is 0 Å². The molecule has 3 rings (SSSR count). The monoisotopic (exact) mass is 406 g/mol. The molecule has 1 aromatic heterocycles. The number of hydrogen-bond acceptors (Lipinski definition) is 5. The molecule has 1 aliphatic rings. The average molecular weight is 407 g/mol. The second-order valence-electron chi connectivity index (χ2n) is 6.35. The molecule has 0 bridgehead atoms. The maximum absolute atomic E-state index is 12.4. The van der Waals surface area contributed by atoms with Crippen LogP contribution in [0.5, 0.6) is 5.88 Å². The van der Waals surface area contributed by atoms with Crippen molar-refractivity contribution in [3.8, 4) is 5.88 Å². The van der Waals surface area contributed by atoms with Crippen molar-refractivity contribution in [3.05, 3.63) is 51.6 Å². The molecule has 1 N–H and O–H groups in total. The predicted molar refractivity (Wildman–Crippen MR) is 104 cm³/mol. The number of carbonyl (C=O) groups is 2. The van der Waals surface area contributed by atoms with Gasteiger partial charge in [0.05, 0.1) is 17.8 Å². The number of pyridine rings is 1. The Hall–Kier alpha value is -2.57. The molecule has 0 saturated carbocycles. The number of aromatic nitrogens is 1. The maximum atomic E-state index is 12.4. The molecule has 140 valence electrons. The Morgan fingerprint density at radius 3 is 2.67 bits per heavy atom. The van der Waals surface area contributed by atoms with Gasteiger partial charge in [0.15, 0.2) is 0 Å². The predicted octanol–water partition coefficient (Wildman–Crippen LogP) is 4.21. The first-order chi connectivity index (χ1) is 12.7. The number of nitrogens with one attached hydrogen (secondary N) is 1. The Bertz CT molecular complexity index is 970. The summed E-state index contributed by atoms with van der Waals surface area (Å²) in [6.45, 7) is 3.12. The fourth-order valence-corrected chi connectivity index (χ4v) is 2.96. The van der Waals surface area contributed by atoms with Gasteiger partial charge in [0, 0.05) is 27.9 Å². The van der Waals surface area contributed by atoms with Crippen LogP contribution in [0, 0.1) is 0 Å². The van der Waals surface area contributed by atoms with Crippen LogP contribution in [0.4, 0.5) is 5.69 Å². The normalized spacial score (nSPS) is 14.7. The second-order valence-corrected chi connectivity index (χ2v) is 7.23. The third-order valence-corrected chi connectivity index (χ3v) is 4.38. The third kappa shape index (κ3) is 3.91. The Morgan fingerprint density at radius 1 is 1.22 bits per heavy atom. The van der Waals surface area contributed by atoms with Gasteiger partial charge in [-0.05, 0) is 38.1 Å². The summed E-state index contributed by atoms with van der Waals surface area (Å²) in [5.74, 6) is -0.695.